The fourth-order valence-electron chi connectivity index (χ4n) is 2.35. The number of benzene rings is 1. The highest BCUT2D eigenvalue weighted by Crippen LogP contribution is 2.18. The first-order valence-electron chi connectivity index (χ1n) is 6.27. The Hall–Kier alpha value is -1.82. The molecule has 20 heavy (non-hydrogen) atoms. The van der Waals surface area contributed by atoms with Crippen molar-refractivity contribution in [2.24, 2.45) is 5.92 Å². The van der Waals surface area contributed by atoms with Gasteiger partial charge in [0.15, 0.2) is 0 Å². The Morgan fingerprint density at radius 1 is 1.35 bits per heavy atom. The van der Waals surface area contributed by atoms with Crippen LogP contribution >= 0.6 is 0 Å². The van der Waals surface area contributed by atoms with E-state index in [1.54, 1.807) is 0 Å². The van der Waals surface area contributed by atoms with Gasteiger partial charge in [-0.25, -0.2) is 8.78 Å². The van der Waals surface area contributed by atoms with E-state index < -0.39 is 23.5 Å². The van der Waals surface area contributed by atoms with Gasteiger partial charge in [-0.2, -0.15) is 0 Å². The van der Waals surface area contributed by atoms with Crippen molar-refractivity contribution >= 4 is 11.8 Å². The van der Waals surface area contributed by atoms with Crippen LogP contribution in [0.25, 0.3) is 0 Å². The van der Waals surface area contributed by atoms with E-state index in [2.05, 4.69) is 4.74 Å². The lowest BCUT2D eigenvalue weighted by Crippen LogP contribution is -2.44. The molecule has 1 atom stereocenters. The zero-order valence-electron chi connectivity index (χ0n) is 11.1. The van der Waals surface area contributed by atoms with E-state index in [4.69, 9.17) is 0 Å². The third-order valence-corrected chi connectivity index (χ3v) is 3.32. The zero-order chi connectivity index (χ0) is 14.7. The Morgan fingerprint density at radius 2 is 2.00 bits per heavy atom. The van der Waals surface area contributed by atoms with Crippen LogP contribution in [0.2, 0.25) is 0 Å². The number of carbonyl (C=O) groups excluding carboxylic acids is 2. The number of piperidine rings is 1. The van der Waals surface area contributed by atoms with Crippen molar-refractivity contribution in [1.29, 1.82) is 0 Å². The molecular weight excluding hydrogens is 268 g/mol. The van der Waals surface area contributed by atoms with E-state index in [1.807, 2.05) is 4.90 Å². The van der Waals surface area contributed by atoms with Gasteiger partial charge in [0.25, 0.3) is 0 Å². The topological polar surface area (TPSA) is 46.6 Å². The molecule has 0 aliphatic carbocycles. The van der Waals surface area contributed by atoms with Gasteiger partial charge in [-0.15, -0.1) is 0 Å². The molecule has 1 aromatic rings. The number of halogens is 2. The number of ketones is 1. The van der Waals surface area contributed by atoms with Crippen molar-refractivity contribution in [3.05, 3.63) is 35.4 Å². The van der Waals surface area contributed by atoms with Crippen LogP contribution in [0.5, 0.6) is 0 Å². The summed E-state index contributed by atoms with van der Waals surface area (Å²) in [6, 6.07) is 3.29. The van der Waals surface area contributed by atoms with E-state index in [0.717, 1.165) is 6.07 Å². The number of carbonyl (C=O) groups is 2. The number of rotatable bonds is 3. The summed E-state index contributed by atoms with van der Waals surface area (Å²) in [7, 11) is 1.23. The lowest BCUT2D eigenvalue weighted by atomic mass is 9.96. The van der Waals surface area contributed by atoms with Crippen molar-refractivity contribution in [3.63, 3.8) is 0 Å². The SMILES string of the molecule is COC(=O)C1CN(Cc2cc(F)cc(F)c2)CCC1=O. The van der Waals surface area contributed by atoms with Crippen molar-refractivity contribution in [2.45, 2.75) is 13.0 Å². The molecule has 108 valence electrons. The van der Waals surface area contributed by atoms with E-state index >= 15 is 0 Å². The Kier molecular flexibility index (Phi) is 4.44. The maximum Gasteiger partial charge on any atom is 0.317 e. The molecule has 1 aliphatic rings. The maximum atomic E-state index is 13.1. The smallest absolute Gasteiger partial charge is 0.317 e. The van der Waals surface area contributed by atoms with Gasteiger partial charge in [0, 0.05) is 32.1 Å². The second-order valence-corrected chi connectivity index (χ2v) is 4.80. The largest absolute Gasteiger partial charge is 0.468 e. The van der Waals surface area contributed by atoms with Crippen LogP contribution in [0, 0.1) is 17.6 Å². The minimum atomic E-state index is -0.813. The molecule has 0 radical (unpaired) electrons. The summed E-state index contributed by atoms with van der Waals surface area (Å²) < 4.78 is 30.8. The number of Topliss-reactive ketones (excluding diaryl/α,β-unsaturated/α-hetero) is 1. The van der Waals surface area contributed by atoms with Gasteiger partial charge in [0.1, 0.15) is 23.3 Å². The molecule has 4 nitrogen and oxygen atoms in total. The van der Waals surface area contributed by atoms with Crippen LogP contribution in [0.15, 0.2) is 18.2 Å². The van der Waals surface area contributed by atoms with Gasteiger partial charge < -0.3 is 4.74 Å². The average molecular weight is 283 g/mol. The molecule has 0 bridgehead atoms. The number of likely N-dealkylation sites (tertiary alicyclic amines) is 1. The minimum Gasteiger partial charge on any atom is -0.468 e. The number of hydrogen-bond donors (Lipinski definition) is 0. The fraction of sp³-hybridized carbons (Fsp3) is 0.429. The molecule has 0 amide bonds. The molecule has 2 rings (SSSR count). The number of hydrogen-bond acceptors (Lipinski definition) is 4. The normalized spacial score (nSPS) is 19.9. The standard InChI is InChI=1S/C14H15F2NO3/c1-20-14(19)12-8-17(3-2-13(12)18)7-9-4-10(15)6-11(16)5-9/h4-6,12H,2-3,7-8H2,1H3. The summed E-state index contributed by atoms with van der Waals surface area (Å²) in [5, 5.41) is 0. The van der Waals surface area contributed by atoms with Gasteiger partial charge in [0.05, 0.1) is 7.11 Å². The third kappa shape index (κ3) is 3.39. The highest BCUT2D eigenvalue weighted by atomic mass is 19.1. The molecular formula is C14H15F2NO3. The molecule has 1 heterocycles. The average Bonchev–Trinajstić information content (AvgIpc) is 2.39. The number of nitrogens with zero attached hydrogens (tertiary/aromatic N) is 1. The summed E-state index contributed by atoms with van der Waals surface area (Å²) in [4.78, 5) is 25.0. The third-order valence-electron chi connectivity index (χ3n) is 3.32. The summed E-state index contributed by atoms with van der Waals surface area (Å²) in [5.74, 6) is -2.81. The number of esters is 1. The predicted molar refractivity (Wildman–Crippen MR) is 66.8 cm³/mol. The van der Waals surface area contributed by atoms with Crippen LogP contribution in [-0.4, -0.2) is 36.9 Å². The highest BCUT2D eigenvalue weighted by Gasteiger charge is 2.33. The van der Waals surface area contributed by atoms with Crippen molar-refractivity contribution in [2.75, 3.05) is 20.2 Å². The second kappa shape index (κ2) is 6.09. The summed E-state index contributed by atoms with van der Waals surface area (Å²) in [6.07, 6.45) is 0.234. The van der Waals surface area contributed by atoms with Crippen LogP contribution in [0.1, 0.15) is 12.0 Å². The lowest BCUT2D eigenvalue weighted by molar-refractivity contribution is -0.152. The molecule has 0 aromatic heterocycles. The van der Waals surface area contributed by atoms with Gasteiger partial charge in [-0.05, 0) is 17.7 Å². The van der Waals surface area contributed by atoms with E-state index in [0.29, 0.717) is 12.1 Å². The van der Waals surface area contributed by atoms with Gasteiger partial charge in [0.2, 0.25) is 0 Å². The molecule has 1 saturated heterocycles. The van der Waals surface area contributed by atoms with Crippen LogP contribution in [0.4, 0.5) is 8.78 Å². The fourth-order valence-corrected chi connectivity index (χ4v) is 2.35. The molecule has 6 heteroatoms. The van der Waals surface area contributed by atoms with Gasteiger partial charge in [-0.3, -0.25) is 14.5 Å². The highest BCUT2D eigenvalue weighted by molar-refractivity contribution is 5.99. The summed E-state index contributed by atoms with van der Waals surface area (Å²) in [6.45, 7) is 0.962. The first-order chi connectivity index (χ1) is 9.49. The van der Waals surface area contributed by atoms with Crippen LogP contribution in [0.3, 0.4) is 0 Å². The van der Waals surface area contributed by atoms with Crippen LogP contribution < -0.4 is 0 Å². The van der Waals surface area contributed by atoms with Crippen LogP contribution in [-0.2, 0) is 20.9 Å². The Bertz CT molecular complexity index is 505. The lowest BCUT2D eigenvalue weighted by Gasteiger charge is -2.30. The molecule has 1 fully saturated rings. The molecule has 1 aliphatic heterocycles. The summed E-state index contributed by atoms with van der Waals surface area (Å²) >= 11 is 0. The quantitative estimate of drug-likeness (QED) is 0.623. The molecule has 0 saturated carbocycles. The van der Waals surface area contributed by atoms with Crippen molar-refractivity contribution in [1.82, 2.24) is 4.90 Å². The van der Waals surface area contributed by atoms with E-state index in [-0.39, 0.29) is 25.3 Å². The Morgan fingerprint density at radius 3 is 2.60 bits per heavy atom. The number of ether oxygens (including phenoxy) is 1. The molecule has 0 N–H and O–H groups in total. The maximum absolute atomic E-state index is 13.1. The van der Waals surface area contributed by atoms with Gasteiger partial charge >= 0.3 is 5.97 Å². The monoisotopic (exact) mass is 283 g/mol. The minimum absolute atomic E-state index is 0.154. The number of methoxy groups -OCH3 is 1. The Labute approximate surface area is 115 Å². The second-order valence-electron chi connectivity index (χ2n) is 4.80. The van der Waals surface area contributed by atoms with Crippen molar-refractivity contribution in [3.8, 4) is 0 Å². The van der Waals surface area contributed by atoms with Gasteiger partial charge in [-0.1, -0.05) is 0 Å². The molecule has 1 unspecified atom stereocenters. The first-order valence-corrected chi connectivity index (χ1v) is 6.27. The van der Waals surface area contributed by atoms with Crippen molar-refractivity contribution < 1.29 is 23.1 Å². The van der Waals surface area contributed by atoms with E-state index in [1.165, 1.54) is 19.2 Å². The van der Waals surface area contributed by atoms with E-state index in [9.17, 15) is 18.4 Å². The molecule has 1 aromatic carbocycles. The zero-order valence-corrected chi connectivity index (χ0v) is 11.1. The predicted octanol–water partition coefficient (Wildman–Crippen LogP) is 1.53. The summed E-state index contributed by atoms with van der Waals surface area (Å²) in [5.41, 5.74) is 0.473. The first kappa shape index (κ1) is 14.6. The molecule has 0 spiro atoms. The Balaban J connectivity index is 2.06.